The first-order chi connectivity index (χ1) is 17.7. The minimum atomic E-state index is -3.98. The van der Waals surface area contributed by atoms with Gasteiger partial charge in [-0.1, -0.05) is 25.3 Å². The molecule has 3 N–H and O–H groups in total. The van der Waals surface area contributed by atoms with Crippen molar-refractivity contribution >= 4 is 39.1 Å². The van der Waals surface area contributed by atoms with Crippen LogP contribution in [0.2, 0.25) is 0 Å². The summed E-state index contributed by atoms with van der Waals surface area (Å²) in [6.45, 7) is 0.102. The number of hydrogen-bond donors (Lipinski definition) is 3. The van der Waals surface area contributed by atoms with Crippen LogP contribution in [0.25, 0.3) is 28.2 Å². The molecule has 2 aliphatic rings. The van der Waals surface area contributed by atoms with Crippen molar-refractivity contribution in [3.05, 3.63) is 58.7 Å². The average Bonchev–Trinajstić information content (AvgIpc) is 3.10. The number of nitrogens with one attached hydrogen (secondary N) is 2. The maximum Gasteiger partial charge on any atom is 0.333 e. The molecule has 10 heteroatoms. The van der Waals surface area contributed by atoms with Crippen molar-refractivity contribution in [2.75, 3.05) is 14.2 Å². The third-order valence-electron chi connectivity index (χ3n) is 7.32. The van der Waals surface area contributed by atoms with Gasteiger partial charge in [-0.25, -0.2) is 14.2 Å². The summed E-state index contributed by atoms with van der Waals surface area (Å²) in [6, 6.07) is 10.8. The molecule has 0 spiro atoms. The zero-order valence-electron chi connectivity index (χ0n) is 20.7. The Kier molecular flexibility index (Phi) is 6.55. The van der Waals surface area contributed by atoms with Gasteiger partial charge in [0.2, 0.25) is 0 Å². The van der Waals surface area contributed by atoms with E-state index in [1.807, 2.05) is 33.6 Å². The quantitative estimate of drug-likeness (QED) is 0.448. The first-order valence-corrected chi connectivity index (χ1v) is 13.7. The molecule has 194 valence electrons. The maximum absolute atomic E-state index is 12.8. The van der Waals surface area contributed by atoms with Gasteiger partial charge in [-0.2, -0.15) is 8.42 Å². The first kappa shape index (κ1) is 25.0. The predicted molar refractivity (Wildman–Crippen MR) is 141 cm³/mol. The number of aliphatic carboxylic acids is 1. The summed E-state index contributed by atoms with van der Waals surface area (Å²) in [4.78, 5) is 25.0. The van der Waals surface area contributed by atoms with E-state index in [4.69, 9.17) is 4.74 Å². The van der Waals surface area contributed by atoms with E-state index in [0.29, 0.717) is 11.3 Å². The summed E-state index contributed by atoms with van der Waals surface area (Å²) in [5, 5.41) is 11.0. The third-order valence-corrected chi connectivity index (χ3v) is 8.31. The summed E-state index contributed by atoms with van der Waals surface area (Å²) in [5.74, 6) is -0.873. The number of methoxy groups -OCH3 is 1. The number of benzene rings is 2. The number of fused-ring (bicyclic) bond motifs is 5. The van der Waals surface area contributed by atoms with Crippen molar-refractivity contribution < 1.29 is 27.9 Å². The Hall–Kier alpha value is -3.63. The normalized spacial score (nSPS) is 15.9. The fourth-order valence-corrected chi connectivity index (χ4v) is 6.01. The summed E-state index contributed by atoms with van der Waals surface area (Å²) in [6.07, 6.45) is 7.16. The second-order valence-corrected chi connectivity index (χ2v) is 11.1. The van der Waals surface area contributed by atoms with Crippen LogP contribution in [-0.4, -0.2) is 44.1 Å². The van der Waals surface area contributed by atoms with Gasteiger partial charge in [0.25, 0.3) is 5.91 Å². The molecule has 9 nitrogen and oxygen atoms in total. The van der Waals surface area contributed by atoms with E-state index >= 15 is 0 Å². The molecule has 1 amide bonds. The maximum atomic E-state index is 12.8. The van der Waals surface area contributed by atoms with E-state index < -0.39 is 22.1 Å². The smallest absolute Gasteiger partial charge is 0.333 e. The number of carboxylic acid groups (broad SMARTS) is 1. The monoisotopic (exact) mass is 523 g/mol. The number of carbonyl (C=O) groups excluding carboxylic acids is 1. The molecule has 1 saturated carbocycles. The molecule has 1 aromatic heterocycles. The fraction of sp³-hybridized carbons (Fsp3) is 0.333. The van der Waals surface area contributed by atoms with Crippen molar-refractivity contribution in [2.24, 2.45) is 0 Å². The standard InChI is InChI=1S/C27H29N3O6S/c1-28-37(34,35)29-26(31)17-8-10-22-23(14-17)30-15-19(27(32)33)12-18-13-20(36-2)9-11-21(18)25(30)24(22)16-6-4-3-5-7-16/h8-14,16,28H,3-7,15H2,1-2H3,(H,29,31)(H,32,33). The lowest BCUT2D eigenvalue weighted by atomic mass is 9.81. The van der Waals surface area contributed by atoms with Crippen molar-refractivity contribution in [3.63, 3.8) is 0 Å². The van der Waals surface area contributed by atoms with Crippen LogP contribution in [0.1, 0.15) is 59.5 Å². The van der Waals surface area contributed by atoms with Crippen LogP contribution in [0.5, 0.6) is 5.75 Å². The Labute approximate surface area is 215 Å². The van der Waals surface area contributed by atoms with Gasteiger partial charge in [-0.15, -0.1) is 0 Å². The highest BCUT2D eigenvalue weighted by Crippen LogP contribution is 2.47. The summed E-state index contributed by atoms with van der Waals surface area (Å²) < 4.78 is 35.3. The Bertz CT molecular complexity index is 1550. The largest absolute Gasteiger partial charge is 0.497 e. The highest BCUT2D eigenvalue weighted by Gasteiger charge is 2.30. The van der Waals surface area contributed by atoms with E-state index in [1.54, 1.807) is 25.3 Å². The molecule has 0 bridgehead atoms. The number of rotatable bonds is 6. The van der Waals surface area contributed by atoms with Gasteiger partial charge in [0.15, 0.2) is 0 Å². The van der Waals surface area contributed by atoms with Crippen LogP contribution in [0, 0.1) is 0 Å². The molecule has 1 aliphatic heterocycles. The molecule has 0 atom stereocenters. The van der Waals surface area contributed by atoms with Crippen molar-refractivity contribution in [3.8, 4) is 17.0 Å². The molecule has 5 rings (SSSR count). The average molecular weight is 524 g/mol. The number of hydrogen-bond acceptors (Lipinski definition) is 5. The number of carboxylic acids is 1. The van der Waals surface area contributed by atoms with E-state index in [-0.39, 0.29) is 23.6 Å². The third kappa shape index (κ3) is 4.62. The van der Waals surface area contributed by atoms with Gasteiger partial charge in [0.1, 0.15) is 5.75 Å². The molecule has 3 aromatic rings. The summed E-state index contributed by atoms with van der Waals surface area (Å²) in [7, 11) is -1.19. The number of amides is 1. The molecule has 0 unspecified atom stereocenters. The number of nitrogens with zero attached hydrogens (tertiary/aromatic N) is 1. The number of ether oxygens (including phenoxy) is 1. The van der Waals surface area contributed by atoms with Crippen molar-refractivity contribution in [1.82, 2.24) is 14.0 Å². The molecule has 1 fully saturated rings. The van der Waals surface area contributed by atoms with Gasteiger partial charge < -0.3 is 14.4 Å². The highest BCUT2D eigenvalue weighted by molar-refractivity contribution is 7.88. The molecular formula is C27H29N3O6S. The van der Waals surface area contributed by atoms with Crippen LogP contribution < -0.4 is 14.2 Å². The van der Waals surface area contributed by atoms with Gasteiger partial charge >= 0.3 is 16.2 Å². The molecule has 0 saturated heterocycles. The molecule has 1 aliphatic carbocycles. The summed E-state index contributed by atoms with van der Waals surface area (Å²) >= 11 is 0. The van der Waals surface area contributed by atoms with E-state index in [1.165, 1.54) is 13.5 Å². The zero-order valence-corrected chi connectivity index (χ0v) is 21.5. The predicted octanol–water partition coefficient (Wildman–Crippen LogP) is 4.04. The van der Waals surface area contributed by atoms with Crippen LogP contribution in [-0.2, 0) is 21.5 Å². The molecule has 2 heterocycles. The van der Waals surface area contributed by atoms with E-state index in [0.717, 1.165) is 53.5 Å². The lowest BCUT2D eigenvalue weighted by Crippen LogP contribution is -2.38. The fourth-order valence-electron chi connectivity index (χ4n) is 5.54. The minimum Gasteiger partial charge on any atom is -0.497 e. The topological polar surface area (TPSA) is 127 Å². The second-order valence-electron chi connectivity index (χ2n) is 9.48. The van der Waals surface area contributed by atoms with Crippen LogP contribution >= 0.6 is 0 Å². The van der Waals surface area contributed by atoms with Gasteiger partial charge in [-0.3, -0.25) is 4.79 Å². The summed E-state index contributed by atoms with van der Waals surface area (Å²) in [5.41, 5.74) is 4.81. The minimum absolute atomic E-state index is 0.102. The molecule has 0 radical (unpaired) electrons. The lowest BCUT2D eigenvalue weighted by Gasteiger charge is -2.24. The Morgan fingerprint density at radius 2 is 1.84 bits per heavy atom. The zero-order chi connectivity index (χ0) is 26.3. The van der Waals surface area contributed by atoms with Gasteiger partial charge in [0, 0.05) is 29.1 Å². The highest BCUT2D eigenvalue weighted by atomic mass is 32.2. The van der Waals surface area contributed by atoms with Crippen LogP contribution in [0.3, 0.4) is 0 Å². The van der Waals surface area contributed by atoms with Crippen molar-refractivity contribution in [1.29, 1.82) is 0 Å². The first-order valence-electron chi connectivity index (χ1n) is 12.3. The number of carbonyl (C=O) groups is 2. The Morgan fingerprint density at radius 3 is 2.51 bits per heavy atom. The van der Waals surface area contributed by atoms with E-state index in [9.17, 15) is 23.1 Å². The van der Waals surface area contributed by atoms with Crippen LogP contribution in [0.15, 0.2) is 42.0 Å². The molecular weight excluding hydrogens is 494 g/mol. The Morgan fingerprint density at radius 1 is 1.08 bits per heavy atom. The molecule has 2 aromatic carbocycles. The van der Waals surface area contributed by atoms with Crippen LogP contribution in [0.4, 0.5) is 0 Å². The SMILES string of the molecule is CNS(=O)(=O)NC(=O)c1ccc2c(C3CCCCC3)c3n(c2c1)CC(C(=O)O)=Cc1cc(OC)ccc1-3. The van der Waals surface area contributed by atoms with Crippen molar-refractivity contribution in [2.45, 2.75) is 44.6 Å². The number of aromatic nitrogens is 1. The van der Waals surface area contributed by atoms with Gasteiger partial charge in [-0.05, 0) is 66.3 Å². The molecule has 37 heavy (non-hydrogen) atoms. The van der Waals surface area contributed by atoms with E-state index in [2.05, 4.69) is 4.72 Å². The lowest BCUT2D eigenvalue weighted by molar-refractivity contribution is -0.132. The Balaban J connectivity index is 1.79. The van der Waals surface area contributed by atoms with Gasteiger partial charge in [0.05, 0.1) is 24.9 Å². The second kappa shape index (κ2) is 9.68.